The van der Waals surface area contributed by atoms with E-state index in [1.807, 2.05) is 33.1 Å². The van der Waals surface area contributed by atoms with Crippen LogP contribution in [0, 0.1) is 12.8 Å². The number of rotatable bonds is 9. The van der Waals surface area contributed by atoms with Gasteiger partial charge in [0.15, 0.2) is 6.61 Å². The highest BCUT2D eigenvalue weighted by atomic mass is 32.1. The van der Waals surface area contributed by atoms with Gasteiger partial charge >= 0.3 is 5.97 Å². The first-order valence-corrected chi connectivity index (χ1v) is 11.2. The third-order valence-electron chi connectivity index (χ3n) is 4.89. The molecule has 0 aliphatic heterocycles. The molecule has 3 rings (SSSR count). The average molecular weight is 459 g/mol. The summed E-state index contributed by atoms with van der Waals surface area (Å²) in [5.41, 5.74) is 2.12. The number of aliphatic carboxylic acids is 1. The largest absolute Gasteiger partial charge is 0.483 e. The maximum atomic E-state index is 13.0. The van der Waals surface area contributed by atoms with Crippen molar-refractivity contribution in [3.63, 3.8) is 0 Å². The molecule has 32 heavy (non-hydrogen) atoms. The highest BCUT2D eigenvalue weighted by molar-refractivity contribution is 7.13. The quantitative estimate of drug-likeness (QED) is 0.501. The molecule has 2 N–H and O–H groups in total. The Morgan fingerprint density at radius 1 is 1.31 bits per heavy atom. The third kappa shape index (κ3) is 5.34. The van der Waals surface area contributed by atoms with Crippen LogP contribution in [-0.4, -0.2) is 34.6 Å². The summed E-state index contributed by atoms with van der Waals surface area (Å²) in [5, 5.41) is 14.7. The molecule has 1 atom stereocenters. The molecule has 1 aromatic carbocycles. The monoisotopic (exact) mass is 458 g/mol. The number of carbonyl (C=O) groups is 2. The van der Waals surface area contributed by atoms with Crippen molar-refractivity contribution in [3.8, 4) is 16.3 Å². The standard InChI is InChI=1S/C23H26N2O6S/c1-5-14-7-15-19(30-9-16(21(15)27)22-24-13(4)11-32-22)8-18(14)31-10-20(26)25-17(23(28)29)6-12(2)3/h7-9,11-12,17H,5-6,10H2,1-4H3,(H,25,26)(H,28,29). The van der Waals surface area contributed by atoms with Crippen molar-refractivity contribution in [2.45, 2.75) is 46.6 Å². The van der Waals surface area contributed by atoms with Gasteiger partial charge in [0, 0.05) is 17.1 Å². The Morgan fingerprint density at radius 2 is 2.06 bits per heavy atom. The number of fused-ring (bicyclic) bond motifs is 1. The first kappa shape index (κ1) is 23.5. The van der Waals surface area contributed by atoms with Crippen molar-refractivity contribution in [2.75, 3.05) is 6.61 Å². The molecule has 0 radical (unpaired) electrons. The Bertz CT molecular complexity index is 1200. The number of ether oxygens (including phenoxy) is 1. The van der Waals surface area contributed by atoms with E-state index in [9.17, 15) is 19.5 Å². The Balaban J connectivity index is 1.82. The van der Waals surface area contributed by atoms with Crippen LogP contribution in [0.25, 0.3) is 21.5 Å². The summed E-state index contributed by atoms with van der Waals surface area (Å²) in [4.78, 5) is 41.0. The molecule has 2 heterocycles. The molecular formula is C23H26N2O6S. The van der Waals surface area contributed by atoms with E-state index in [0.29, 0.717) is 40.1 Å². The van der Waals surface area contributed by atoms with Gasteiger partial charge in [-0.25, -0.2) is 9.78 Å². The predicted molar refractivity (Wildman–Crippen MR) is 122 cm³/mol. The Labute approximate surface area is 189 Å². The molecule has 2 aromatic heterocycles. The number of aromatic nitrogens is 1. The maximum Gasteiger partial charge on any atom is 0.326 e. The average Bonchev–Trinajstić information content (AvgIpc) is 3.17. The number of carboxylic acid groups (broad SMARTS) is 1. The van der Waals surface area contributed by atoms with E-state index in [4.69, 9.17) is 9.15 Å². The van der Waals surface area contributed by atoms with Gasteiger partial charge in [0.1, 0.15) is 28.6 Å². The van der Waals surface area contributed by atoms with Crippen molar-refractivity contribution in [1.29, 1.82) is 0 Å². The SMILES string of the molecule is CCc1cc2c(=O)c(-c3nc(C)cs3)coc2cc1OCC(=O)NC(CC(C)C)C(=O)O. The summed E-state index contributed by atoms with van der Waals surface area (Å²) in [6.45, 7) is 7.19. The summed E-state index contributed by atoms with van der Waals surface area (Å²) in [5.74, 6) is -1.09. The molecule has 9 heteroatoms. The van der Waals surface area contributed by atoms with Gasteiger partial charge in [-0.3, -0.25) is 9.59 Å². The fourth-order valence-corrected chi connectivity index (χ4v) is 4.11. The van der Waals surface area contributed by atoms with Crippen molar-refractivity contribution in [2.24, 2.45) is 5.92 Å². The van der Waals surface area contributed by atoms with Gasteiger partial charge in [0.05, 0.1) is 10.9 Å². The maximum absolute atomic E-state index is 13.0. The minimum absolute atomic E-state index is 0.116. The second kappa shape index (κ2) is 9.95. The van der Waals surface area contributed by atoms with Crippen LogP contribution in [0.3, 0.4) is 0 Å². The normalized spacial score (nSPS) is 12.2. The van der Waals surface area contributed by atoms with Gasteiger partial charge in [-0.2, -0.15) is 0 Å². The molecule has 8 nitrogen and oxygen atoms in total. The molecule has 0 saturated heterocycles. The van der Waals surface area contributed by atoms with Gasteiger partial charge in [0.2, 0.25) is 5.43 Å². The van der Waals surface area contributed by atoms with Crippen molar-refractivity contribution in [3.05, 3.63) is 45.3 Å². The number of thiazole rings is 1. The Morgan fingerprint density at radius 3 is 2.66 bits per heavy atom. The summed E-state index contributed by atoms with van der Waals surface area (Å²) in [7, 11) is 0. The van der Waals surface area contributed by atoms with Crippen molar-refractivity contribution < 1.29 is 23.8 Å². The van der Waals surface area contributed by atoms with Crippen LogP contribution in [0.4, 0.5) is 0 Å². The molecule has 3 aromatic rings. The van der Waals surface area contributed by atoms with E-state index < -0.39 is 17.9 Å². The number of amides is 1. The van der Waals surface area contributed by atoms with Crippen LogP contribution in [0.2, 0.25) is 0 Å². The fraction of sp³-hybridized carbons (Fsp3) is 0.391. The number of nitrogens with one attached hydrogen (secondary N) is 1. The van der Waals surface area contributed by atoms with Crippen LogP contribution in [0.15, 0.2) is 33.0 Å². The molecule has 0 bridgehead atoms. The second-order valence-electron chi connectivity index (χ2n) is 7.96. The highest BCUT2D eigenvalue weighted by Gasteiger charge is 2.22. The summed E-state index contributed by atoms with van der Waals surface area (Å²) in [6.07, 6.45) is 2.27. The van der Waals surface area contributed by atoms with Gasteiger partial charge in [-0.15, -0.1) is 11.3 Å². The Hall–Kier alpha value is -3.20. The first-order chi connectivity index (χ1) is 15.2. The highest BCUT2D eigenvalue weighted by Crippen LogP contribution is 2.28. The van der Waals surface area contributed by atoms with Crippen LogP contribution in [0.5, 0.6) is 5.75 Å². The minimum atomic E-state index is -1.08. The molecule has 0 aliphatic carbocycles. The molecular weight excluding hydrogens is 432 g/mol. The smallest absolute Gasteiger partial charge is 0.326 e. The second-order valence-corrected chi connectivity index (χ2v) is 8.82. The lowest BCUT2D eigenvalue weighted by atomic mass is 10.0. The molecule has 0 fully saturated rings. The van der Waals surface area contributed by atoms with E-state index >= 15 is 0 Å². The zero-order chi connectivity index (χ0) is 23.4. The van der Waals surface area contributed by atoms with Crippen LogP contribution in [-0.2, 0) is 16.0 Å². The van der Waals surface area contributed by atoms with Crippen molar-refractivity contribution in [1.82, 2.24) is 10.3 Å². The van der Waals surface area contributed by atoms with Crippen molar-refractivity contribution >= 4 is 34.2 Å². The predicted octanol–water partition coefficient (Wildman–Crippen LogP) is 3.78. The molecule has 0 saturated carbocycles. The Kier molecular flexibility index (Phi) is 7.29. The molecule has 0 aliphatic rings. The molecule has 0 spiro atoms. The van der Waals surface area contributed by atoms with Crippen LogP contribution < -0.4 is 15.5 Å². The third-order valence-corrected chi connectivity index (χ3v) is 5.88. The fourth-order valence-electron chi connectivity index (χ4n) is 3.31. The first-order valence-electron chi connectivity index (χ1n) is 10.4. The van der Waals surface area contributed by atoms with E-state index in [1.54, 1.807) is 12.1 Å². The molecule has 1 unspecified atom stereocenters. The summed E-state index contributed by atoms with van der Waals surface area (Å²) < 4.78 is 11.3. The van der Waals surface area contributed by atoms with Gasteiger partial charge in [-0.1, -0.05) is 20.8 Å². The topological polar surface area (TPSA) is 119 Å². The van der Waals surface area contributed by atoms with E-state index in [0.717, 1.165) is 11.3 Å². The van der Waals surface area contributed by atoms with E-state index in [1.165, 1.54) is 17.6 Å². The van der Waals surface area contributed by atoms with Crippen LogP contribution in [0.1, 0.15) is 38.4 Å². The number of aryl methyl sites for hydroxylation is 2. The number of nitrogens with zero attached hydrogens (tertiary/aromatic N) is 1. The zero-order valence-electron chi connectivity index (χ0n) is 18.4. The van der Waals surface area contributed by atoms with E-state index in [2.05, 4.69) is 10.3 Å². The van der Waals surface area contributed by atoms with Gasteiger partial charge in [-0.05, 0) is 37.3 Å². The van der Waals surface area contributed by atoms with E-state index in [-0.39, 0.29) is 18.0 Å². The summed E-state index contributed by atoms with van der Waals surface area (Å²) >= 11 is 1.38. The lowest BCUT2D eigenvalue weighted by Gasteiger charge is -2.17. The molecule has 1 amide bonds. The number of carboxylic acids is 1. The number of hydrogen-bond acceptors (Lipinski definition) is 7. The summed E-state index contributed by atoms with van der Waals surface area (Å²) in [6, 6.07) is 2.32. The van der Waals surface area contributed by atoms with Crippen LogP contribution >= 0.6 is 11.3 Å². The van der Waals surface area contributed by atoms with Gasteiger partial charge < -0.3 is 19.6 Å². The number of benzene rings is 1. The molecule has 170 valence electrons. The lowest BCUT2D eigenvalue weighted by molar-refractivity contribution is -0.142. The zero-order valence-corrected chi connectivity index (χ0v) is 19.2. The minimum Gasteiger partial charge on any atom is -0.483 e. The number of hydrogen-bond donors (Lipinski definition) is 2. The lowest BCUT2D eigenvalue weighted by Crippen LogP contribution is -2.43. The van der Waals surface area contributed by atoms with Gasteiger partial charge in [0.25, 0.3) is 5.91 Å². The number of carbonyl (C=O) groups excluding carboxylic acids is 1.